The third-order valence-corrected chi connectivity index (χ3v) is 5.01. The largest absolute Gasteiger partial charge is 0.379 e. The molecular weight excluding hydrogens is 210 g/mol. The second-order valence-electron chi connectivity index (χ2n) is 5.56. The molecule has 1 saturated heterocycles. The van der Waals surface area contributed by atoms with Gasteiger partial charge in [0.05, 0.1) is 18.8 Å². The SMILES string of the molecule is c1ccc2c(c1)C1CCCC21N1CCOCC1. The molecule has 1 aliphatic heterocycles. The molecule has 0 amide bonds. The Morgan fingerprint density at radius 2 is 2.00 bits per heavy atom. The van der Waals surface area contributed by atoms with Crippen molar-refractivity contribution in [1.82, 2.24) is 4.90 Å². The van der Waals surface area contributed by atoms with E-state index in [0.717, 1.165) is 32.2 Å². The number of hydrogen-bond donors (Lipinski definition) is 0. The quantitative estimate of drug-likeness (QED) is 0.733. The summed E-state index contributed by atoms with van der Waals surface area (Å²) in [6.07, 6.45) is 4.12. The van der Waals surface area contributed by atoms with Crippen molar-refractivity contribution >= 4 is 0 Å². The second kappa shape index (κ2) is 3.56. The van der Waals surface area contributed by atoms with Crippen LogP contribution in [0.3, 0.4) is 0 Å². The highest BCUT2D eigenvalue weighted by Gasteiger charge is 2.57. The molecule has 0 N–H and O–H groups in total. The predicted octanol–water partition coefficient (Wildman–Crippen LogP) is 2.50. The standard InChI is InChI=1S/C15H19NO/c1-2-5-13-12(4-1)14-6-3-7-15(13,14)16-8-10-17-11-9-16/h1-2,4-5,14H,3,6-11H2. The number of rotatable bonds is 1. The molecule has 17 heavy (non-hydrogen) atoms. The van der Waals surface area contributed by atoms with E-state index in [9.17, 15) is 0 Å². The van der Waals surface area contributed by atoms with Crippen molar-refractivity contribution in [3.05, 3.63) is 35.4 Å². The molecule has 0 radical (unpaired) electrons. The van der Waals surface area contributed by atoms with Gasteiger partial charge in [-0.25, -0.2) is 0 Å². The normalized spacial score (nSPS) is 36.1. The molecule has 2 heteroatoms. The first-order chi connectivity index (χ1) is 8.43. The fraction of sp³-hybridized carbons (Fsp3) is 0.600. The van der Waals surface area contributed by atoms with Gasteiger partial charge >= 0.3 is 0 Å². The molecule has 1 aromatic rings. The smallest absolute Gasteiger partial charge is 0.0594 e. The maximum absolute atomic E-state index is 5.51. The molecule has 2 aliphatic carbocycles. The third-order valence-electron chi connectivity index (χ3n) is 5.01. The topological polar surface area (TPSA) is 12.5 Å². The lowest BCUT2D eigenvalue weighted by molar-refractivity contribution is -0.0411. The number of benzene rings is 1. The van der Waals surface area contributed by atoms with Crippen LogP contribution in [0.5, 0.6) is 0 Å². The number of ether oxygens (including phenoxy) is 1. The van der Waals surface area contributed by atoms with Gasteiger partial charge in [-0.1, -0.05) is 30.7 Å². The van der Waals surface area contributed by atoms with E-state index in [1.54, 1.807) is 11.1 Å². The van der Waals surface area contributed by atoms with Crippen LogP contribution in [-0.2, 0) is 10.3 Å². The minimum absolute atomic E-state index is 0.389. The van der Waals surface area contributed by atoms with Gasteiger partial charge in [-0.3, -0.25) is 4.90 Å². The lowest BCUT2D eigenvalue weighted by Crippen LogP contribution is -2.57. The average molecular weight is 229 g/mol. The molecule has 0 bridgehead atoms. The van der Waals surface area contributed by atoms with Gasteiger partial charge in [-0.2, -0.15) is 0 Å². The predicted molar refractivity (Wildman–Crippen MR) is 67.1 cm³/mol. The Morgan fingerprint density at radius 1 is 1.18 bits per heavy atom. The van der Waals surface area contributed by atoms with E-state index in [0.29, 0.717) is 5.54 Å². The molecule has 2 unspecified atom stereocenters. The summed E-state index contributed by atoms with van der Waals surface area (Å²) >= 11 is 0. The maximum Gasteiger partial charge on any atom is 0.0594 e. The summed E-state index contributed by atoms with van der Waals surface area (Å²) in [5.41, 5.74) is 3.63. The van der Waals surface area contributed by atoms with E-state index in [1.807, 2.05) is 0 Å². The summed E-state index contributed by atoms with van der Waals surface area (Å²) in [6.45, 7) is 4.06. The molecule has 3 aliphatic rings. The van der Waals surface area contributed by atoms with Crippen LogP contribution in [0.1, 0.15) is 36.3 Å². The molecule has 1 aromatic carbocycles. The molecule has 2 nitrogen and oxygen atoms in total. The highest BCUT2D eigenvalue weighted by Crippen LogP contribution is 2.62. The second-order valence-corrected chi connectivity index (χ2v) is 5.56. The summed E-state index contributed by atoms with van der Waals surface area (Å²) in [5, 5.41) is 0. The van der Waals surface area contributed by atoms with E-state index in [4.69, 9.17) is 4.74 Å². The van der Waals surface area contributed by atoms with Gasteiger partial charge in [0.15, 0.2) is 0 Å². The molecule has 0 aromatic heterocycles. The zero-order valence-electron chi connectivity index (χ0n) is 10.2. The highest BCUT2D eigenvalue weighted by atomic mass is 16.5. The lowest BCUT2D eigenvalue weighted by Gasteiger charge is -2.55. The third kappa shape index (κ3) is 1.18. The van der Waals surface area contributed by atoms with E-state index >= 15 is 0 Å². The molecule has 2 atom stereocenters. The van der Waals surface area contributed by atoms with Crippen molar-refractivity contribution in [2.75, 3.05) is 26.3 Å². The fourth-order valence-corrected chi connectivity index (χ4v) is 4.35. The first kappa shape index (κ1) is 10.1. The van der Waals surface area contributed by atoms with Crippen molar-refractivity contribution in [2.24, 2.45) is 0 Å². The summed E-state index contributed by atoms with van der Waals surface area (Å²) in [6, 6.07) is 9.09. The van der Waals surface area contributed by atoms with Crippen molar-refractivity contribution in [3.8, 4) is 0 Å². The molecule has 1 saturated carbocycles. The molecular formula is C15H19NO. The Hall–Kier alpha value is -0.860. The Kier molecular flexibility index (Phi) is 2.12. The fourth-order valence-electron chi connectivity index (χ4n) is 4.35. The van der Waals surface area contributed by atoms with Crippen LogP contribution in [0.15, 0.2) is 24.3 Å². The minimum atomic E-state index is 0.389. The number of nitrogens with zero attached hydrogens (tertiary/aromatic N) is 1. The van der Waals surface area contributed by atoms with Gasteiger partial charge in [0.1, 0.15) is 0 Å². The number of fused-ring (bicyclic) bond motifs is 4. The van der Waals surface area contributed by atoms with E-state index in [2.05, 4.69) is 29.2 Å². The molecule has 4 rings (SSSR count). The molecule has 2 fully saturated rings. The van der Waals surface area contributed by atoms with Crippen LogP contribution in [0, 0.1) is 0 Å². The number of hydrogen-bond acceptors (Lipinski definition) is 2. The van der Waals surface area contributed by atoms with Crippen LogP contribution in [-0.4, -0.2) is 31.2 Å². The molecule has 1 heterocycles. The van der Waals surface area contributed by atoms with E-state index < -0.39 is 0 Å². The van der Waals surface area contributed by atoms with Crippen LogP contribution >= 0.6 is 0 Å². The van der Waals surface area contributed by atoms with Crippen LogP contribution in [0.4, 0.5) is 0 Å². The first-order valence-electron chi connectivity index (χ1n) is 6.85. The van der Waals surface area contributed by atoms with Gasteiger partial charge in [0, 0.05) is 19.0 Å². The van der Waals surface area contributed by atoms with Gasteiger partial charge in [-0.15, -0.1) is 0 Å². The lowest BCUT2D eigenvalue weighted by atomic mass is 9.62. The van der Waals surface area contributed by atoms with Crippen LogP contribution in [0.2, 0.25) is 0 Å². The van der Waals surface area contributed by atoms with Gasteiger partial charge in [-0.05, 0) is 24.0 Å². The van der Waals surface area contributed by atoms with Crippen LogP contribution < -0.4 is 0 Å². The van der Waals surface area contributed by atoms with E-state index in [1.165, 1.54) is 19.3 Å². The summed E-state index contributed by atoms with van der Waals surface area (Å²) in [4.78, 5) is 2.70. The van der Waals surface area contributed by atoms with Crippen molar-refractivity contribution in [2.45, 2.75) is 30.7 Å². The zero-order valence-corrected chi connectivity index (χ0v) is 10.2. The van der Waals surface area contributed by atoms with Gasteiger partial charge < -0.3 is 4.74 Å². The Balaban J connectivity index is 1.77. The monoisotopic (exact) mass is 229 g/mol. The zero-order chi connectivity index (χ0) is 11.3. The first-order valence-corrected chi connectivity index (χ1v) is 6.85. The number of morpholine rings is 1. The Labute approximate surface area is 103 Å². The summed E-state index contributed by atoms with van der Waals surface area (Å²) in [5.74, 6) is 0.803. The van der Waals surface area contributed by atoms with E-state index in [-0.39, 0.29) is 0 Å². The van der Waals surface area contributed by atoms with Gasteiger partial charge in [0.25, 0.3) is 0 Å². The highest BCUT2D eigenvalue weighted by molar-refractivity contribution is 5.51. The minimum Gasteiger partial charge on any atom is -0.379 e. The maximum atomic E-state index is 5.51. The van der Waals surface area contributed by atoms with Gasteiger partial charge in [0.2, 0.25) is 0 Å². The molecule has 0 spiro atoms. The van der Waals surface area contributed by atoms with Crippen LogP contribution in [0.25, 0.3) is 0 Å². The average Bonchev–Trinajstić information content (AvgIpc) is 2.77. The Morgan fingerprint density at radius 3 is 2.88 bits per heavy atom. The molecule has 90 valence electrons. The summed E-state index contributed by atoms with van der Waals surface area (Å²) < 4.78 is 5.51. The van der Waals surface area contributed by atoms with Crippen molar-refractivity contribution < 1.29 is 4.74 Å². The summed E-state index contributed by atoms with van der Waals surface area (Å²) in [7, 11) is 0. The van der Waals surface area contributed by atoms with Crippen molar-refractivity contribution in [3.63, 3.8) is 0 Å². The Bertz CT molecular complexity index is 438. The van der Waals surface area contributed by atoms with Crippen molar-refractivity contribution in [1.29, 1.82) is 0 Å².